The first-order valence-corrected chi connectivity index (χ1v) is 9.24. The van der Waals surface area contributed by atoms with E-state index in [9.17, 15) is 12.8 Å². The molecule has 24 heavy (non-hydrogen) atoms. The van der Waals surface area contributed by atoms with Crippen molar-refractivity contribution in [3.8, 4) is 0 Å². The molecule has 5 nitrogen and oxygen atoms in total. The van der Waals surface area contributed by atoms with Crippen LogP contribution in [0.15, 0.2) is 47.5 Å². The minimum atomic E-state index is -3.48. The van der Waals surface area contributed by atoms with Gasteiger partial charge in [-0.2, -0.15) is 0 Å². The van der Waals surface area contributed by atoms with Crippen molar-refractivity contribution in [2.24, 2.45) is 0 Å². The molecule has 1 aromatic heterocycles. The van der Waals surface area contributed by atoms with Gasteiger partial charge in [-0.3, -0.25) is 0 Å². The summed E-state index contributed by atoms with van der Waals surface area (Å²) in [6.45, 7) is 0.842. The Morgan fingerprint density at radius 3 is 2.46 bits per heavy atom. The van der Waals surface area contributed by atoms with Crippen LogP contribution in [0, 0.1) is 5.82 Å². The molecule has 128 valence electrons. The lowest BCUT2D eigenvalue weighted by Gasteiger charge is -2.26. The molecule has 1 aromatic carbocycles. The normalized spacial score (nSPS) is 18.3. The molecule has 0 radical (unpaired) electrons. The summed E-state index contributed by atoms with van der Waals surface area (Å²) < 4.78 is 38.5. The second-order valence-corrected chi connectivity index (χ2v) is 8.19. The second kappa shape index (κ2) is 6.49. The van der Waals surface area contributed by atoms with Gasteiger partial charge in [0.1, 0.15) is 16.5 Å². The van der Waals surface area contributed by atoms with Gasteiger partial charge in [-0.05, 0) is 42.7 Å². The molecule has 3 rings (SSSR count). The molecule has 2 heterocycles. The van der Waals surface area contributed by atoms with Crippen LogP contribution in [0.1, 0.15) is 24.4 Å². The quantitative estimate of drug-likeness (QED) is 0.852. The number of nitrogens with zero attached hydrogens (tertiary/aromatic N) is 3. The average Bonchev–Trinajstić information content (AvgIpc) is 3.05. The van der Waals surface area contributed by atoms with Crippen molar-refractivity contribution in [3.63, 3.8) is 0 Å². The Labute approximate surface area is 141 Å². The van der Waals surface area contributed by atoms with E-state index in [1.54, 1.807) is 24.3 Å². The van der Waals surface area contributed by atoms with E-state index >= 15 is 0 Å². The van der Waals surface area contributed by atoms with Gasteiger partial charge in [0.15, 0.2) is 0 Å². The van der Waals surface area contributed by atoms with Gasteiger partial charge in [0.2, 0.25) is 10.0 Å². The lowest BCUT2D eigenvalue weighted by Crippen LogP contribution is -2.25. The Bertz CT molecular complexity index is 805. The van der Waals surface area contributed by atoms with E-state index in [4.69, 9.17) is 0 Å². The zero-order valence-electron chi connectivity index (χ0n) is 13.7. The van der Waals surface area contributed by atoms with Crippen LogP contribution in [-0.4, -0.2) is 38.3 Å². The summed E-state index contributed by atoms with van der Waals surface area (Å²) in [5.41, 5.74) is 1.04. The number of hydrogen-bond donors (Lipinski definition) is 0. The summed E-state index contributed by atoms with van der Waals surface area (Å²) in [6.07, 6.45) is 3.37. The van der Waals surface area contributed by atoms with Crippen LogP contribution in [0.3, 0.4) is 0 Å². The van der Waals surface area contributed by atoms with E-state index < -0.39 is 10.0 Å². The third-order valence-corrected chi connectivity index (χ3v) is 6.10. The van der Waals surface area contributed by atoms with Crippen molar-refractivity contribution in [2.45, 2.75) is 23.8 Å². The van der Waals surface area contributed by atoms with Crippen LogP contribution in [0.2, 0.25) is 0 Å². The number of pyridine rings is 1. The van der Waals surface area contributed by atoms with Crippen molar-refractivity contribution >= 4 is 15.8 Å². The van der Waals surface area contributed by atoms with Gasteiger partial charge < -0.3 is 4.90 Å². The van der Waals surface area contributed by atoms with Gasteiger partial charge in [0.25, 0.3) is 0 Å². The fraction of sp³-hybridized carbons (Fsp3) is 0.353. The maximum Gasteiger partial charge on any atom is 0.244 e. The number of sulfonamides is 1. The third-order valence-electron chi connectivity index (χ3n) is 4.30. The standard InChI is InChI=1S/C17H20FN3O2S/c1-20(2)24(22,23)15-9-10-17(19-12-15)21-11-3-4-16(21)13-5-7-14(18)8-6-13/h5-10,12,16H,3-4,11H2,1-2H3. The maximum atomic E-state index is 13.1. The van der Waals surface area contributed by atoms with Gasteiger partial charge in [-0.15, -0.1) is 0 Å². The molecule has 0 saturated carbocycles. The van der Waals surface area contributed by atoms with Gasteiger partial charge in [0.05, 0.1) is 6.04 Å². The SMILES string of the molecule is CN(C)S(=O)(=O)c1ccc(N2CCCC2c2ccc(F)cc2)nc1. The molecular formula is C17H20FN3O2S. The van der Waals surface area contributed by atoms with E-state index in [1.807, 2.05) is 0 Å². The summed E-state index contributed by atoms with van der Waals surface area (Å²) in [7, 11) is -0.488. The first-order valence-electron chi connectivity index (χ1n) is 7.80. The number of halogens is 1. The molecule has 0 amide bonds. The lowest BCUT2D eigenvalue weighted by molar-refractivity contribution is 0.520. The fourth-order valence-corrected chi connectivity index (χ4v) is 3.83. The highest BCUT2D eigenvalue weighted by atomic mass is 32.2. The van der Waals surface area contributed by atoms with Gasteiger partial charge >= 0.3 is 0 Å². The fourth-order valence-electron chi connectivity index (χ4n) is 2.98. The Balaban J connectivity index is 1.87. The predicted octanol–water partition coefficient (Wildman–Crippen LogP) is 2.81. The van der Waals surface area contributed by atoms with E-state index in [1.165, 1.54) is 36.7 Å². The largest absolute Gasteiger partial charge is 0.350 e. The average molecular weight is 349 g/mol. The third kappa shape index (κ3) is 3.14. The number of hydrogen-bond acceptors (Lipinski definition) is 4. The Morgan fingerprint density at radius 1 is 1.17 bits per heavy atom. The maximum absolute atomic E-state index is 13.1. The van der Waals surface area contributed by atoms with Gasteiger partial charge in [-0.25, -0.2) is 22.1 Å². The highest BCUT2D eigenvalue weighted by molar-refractivity contribution is 7.89. The second-order valence-electron chi connectivity index (χ2n) is 6.04. The minimum Gasteiger partial charge on any atom is -0.350 e. The molecule has 0 N–H and O–H groups in total. The zero-order valence-corrected chi connectivity index (χ0v) is 14.5. The van der Waals surface area contributed by atoms with Gasteiger partial charge in [0, 0.05) is 26.8 Å². The highest BCUT2D eigenvalue weighted by Gasteiger charge is 2.27. The first kappa shape index (κ1) is 16.9. The molecule has 1 unspecified atom stereocenters. The van der Waals surface area contributed by atoms with E-state index in [-0.39, 0.29) is 16.8 Å². The Morgan fingerprint density at radius 2 is 1.88 bits per heavy atom. The molecule has 0 aliphatic carbocycles. The number of aromatic nitrogens is 1. The molecule has 7 heteroatoms. The molecule has 0 spiro atoms. The van der Waals surface area contributed by atoms with Crippen molar-refractivity contribution in [2.75, 3.05) is 25.5 Å². The first-order chi connectivity index (χ1) is 11.4. The summed E-state index contributed by atoms with van der Waals surface area (Å²) >= 11 is 0. The van der Waals surface area contributed by atoms with Crippen LogP contribution in [0.4, 0.5) is 10.2 Å². The predicted molar refractivity (Wildman–Crippen MR) is 90.8 cm³/mol. The number of benzene rings is 1. The van der Waals surface area contributed by atoms with E-state index in [0.29, 0.717) is 0 Å². The lowest BCUT2D eigenvalue weighted by atomic mass is 10.0. The Kier molecular flexibility index (Phi) is 4.56. The Hall–Kier alpha value is -1.99. The van der Waals surface area contributed by atoms with Crippen molar-refractivity contribution in [3.05, 3.63) is 54.0 Å². The topological polar surface area (TPSA) is 53.5 Å². The molecular weight excluding hydrogens is 329 g/mol. The molecule has 1 atom stereocenters. The van der Waals surface area contributed by atoms with Crippen LogP contribution in [-0.2, 0) is 10.0 Å². The highest BCUT2D eigenvalue weighted by Crippen LogP contribution is 2.35. The minimum absolute atomic E-state index is 0.134. The summed E-state index contributed by atoms with van der Waals surface area (Å²) in [5.74, 6) is 0.485. The van der Waals surface area contributed by atoms with E-state index in [2.05, 4.69) is 9.88 Å². The number of anilines is 1. The van der Waals surface area contributed by atoms with Crippen molar-refractivity contribution < 1.29 is 12.8 Å². The monoisotopic (exact) mass is 349 g/mol. The summed E-state index contributed by atoms with van der Waals surface area (Å²) in [5, 5.41) is 0. The molecule has 0 bridgehead atoms. The van der Waals surface area contributed by atoms with Crippen LogP contribution in [0.5, 0.6) is 0 Å². The smallest absolute Gasteiger partial charge is 0.244 e. The van der Waals surface area contributed by atoms with Crippen LogP contribution < -0.4 is 4.90 Å². The summed E-state index contributed by atoms with van der Waals surface area (Å²) in [6, 6.07) is 9.97. The molecule has 1 saturated heterocycles. The molecule has 1 aliphatic rings. The van der Waals surface area contributed by atoms with Gasteiger partial charge in [-0.1, -0.05) is 12.1 Å². The van der Waals surface area contributed by atoms with E-state index in [0.717, 1.165) is 30.8 Å². The number of rotatable bonds is 4. The summed E-state index contributed by atoms with van der Waals surface area (Å²) in [4.78, 5) is 6.66. The zero-order chi connectivity index (χ0) is 17.3. The van der Waals surface area contributed by atoms with Crippen molar-refractivity contribution in [1.82, 2.24) is 9.29 Å². The molecule has 2 aromatic rings. The molecule has 1 fully saturated rings. The van der Waals surface area contributed by atoms with Crippen molar-refractivity contribution in [1.29, 1.82) is 0 Å². The van der Waals surface area contributed by atoms with Crippen LogP contribution >= 0.6 is 0 Å². The van der Waals surface area contributed by atoms with Crippen LogP contribution in [0.25, 0.3) is 0 Å². The molecule has 1 aliphatic heterocycles.